The van der Waals surface area contributed by atoms with Crippen LogP contribution in [0, 0.1) is 0 Å². The first kappa shape index (κ1) is 25.6. The molecule has 0 aliphatic heterocycles. The minimum Gasteiger partial charge on any atom is -0.480 e. The molecule has 0 aromatic carbocycles. The average molecular weight is 547 g/mol. The molecule has 0 atom stereocenters. The Labute approximate surface area is 229 Å². The molecule has 11 nitrogen and oxygen atoms in total. The summed E-state index contributed by atoms with van der Waals surface area (Å²) in [6, 6.07) is 3.94. The van der Waals surface area contributed by atoms with Crippen LogP contribution in [0.1, 0.15) is 56.0 Å². The van der Waals surface area contributed by atoms with Gasteiger partial charge in [0.25, 0.3) is 5.56 Å². The Balaban J connectivity index is 1.40. The van der Waals surface area contributed by atoms with E-state index in [2.05, 4.69) is 37.2 Å². The van der Waals surface area contributed by atoms with Crippen molar-refractivity contribution in [2.45, 2.75) is 62.1 Å². The Hall–Kier alpha value is -3.64. The molecule has 2 aliphatic rings. The topological polar surface area (TPSA) is 130 Å². The Kier molecular flexibility index (Phi) is 7.13. The van der Waals surface area contributed by atoms with Gasteiger partial charge >= 0.3 is 0 Å². The number of thioether (sulfide) groups is 1. The van der Waals surface area contributed by atoms with Crippen LogP contribution in [0.4, 0.5) is 5.82 Å². The number of hydrogen-bond donors (Lipinski definition) is 1. The minimum atomic E-state index is -0.233. The third-order valence-electron chi connectivity index (χ3n) is 7.17. The van der Waals surface area contributed by atoms with Crippen LogP contribution in [-0.4, -0.2) is 60.5 Å². The molecule has 2 aliphatic carbocycles. The number of methoxy groups -OCH3 is 2. The molecule has 1 N–H and O–H groups in total. The summed E-state index contributed by atoms with van der Waals surface area (Å²) < 4.78 is 12.8. The molecular formula is C27H30N8O3S. The van der Waals surface area contributed by atoms with E-state index in [1.165, 1.54) is 6.33 Å². The second-order valence-corrected chi connectivity index (χ2v) is 11.0. The number of pyridine rings is 1. The molecule has 0 amide bonds. The molecule has 0 bridgehead atoms. The zero-order valence-corrected chi connectivity index (χ0v) is 22.9. The van der Waals surface area contributed by atoms with E-state index >= 15 is 0 Å². The maximum atomic E-state index is 13.8. The Morgan fingerprint density at radius 2 is 1.92 bits per heavy atom. The molecule has 4 aromatic heterocycles. The molecule has 202 valence electrons. The normalized spacial score (nSPS) is 18.6. The summed E-state index contributed by atoms with van der Waals surface area (Å²) in [6.45, 7) is 2.48. The van der Waals surface area contributed by atoms with E-state index < -0.39 is 0 Å². The van der Waals surface area contributed by atoms with Crippen molar-refractivity contribution in [3.63, 3.8) is 0 Å². The zero-order chi connectivity index (χ0) is 26.9. The molecule has 4 aromatic rings. The van der Waals surface area contributed by atoms with Gasteiger partial charge in [0.05, 0.1) is 37.3 Å². The number of fused-ring (bicyclic) bond motifs is 1. The Bertz CT molecular complexity index is 1550. The van der Waals surface area contributed by atoms with E-state index in [0.717, 1.165) is 47.7 Å². The van der Waals surface area contributed by atoms with Gasteiger partial charge in [0.2, 0.25) is 5.88 Å². The summed E-state index contributed by atoms with van der Waals surface area (Å²) in [7, 11) is 3.27. The Morgan fingerprint density at radius 3 is 2.62 bits per heavy atom. The summed E-state index contributed by atoms with van der Waals surface area (Å²) in [5, 5.41) is 3.20. The number of nitrogens with zero attached hydrogens (tertiary/aromatic N) is 7. The summed E-state index contributed by atoms with van der Waals surface area (Å²) in [6.07, 6.45) is 8.67. The fraction of sp³-hybridized carbons (Fsp3) is 0.444. The fourth-order valence-corrected chi connectivity index (χ4v) is 5.50. The third kappa shape index (κ3) is 5.06. The Morgan fingerprint density at radius 1 is 1.08 bits per heavy atom. The second-order valence-electron chi connectivity index (χ2n) is 9.71. The van der Waals surface area contributed by atoms with Crippen LogP contribution in [0.15, 0.2) is 40.5 Å². The van der Waals surface area contributed by atoms with Gasteiger partial charge in [0, 0.05) is 30.2 Å². The molecule has 0 unspecified atom stereocenters. The van der Waals surface area contributed by atoms with Gasteiger partial charge in [-0.15, -0.1) is 11.8 Å². The van der Waals surface area contributed by atoms with Crippen molar-refractivity contribution < 1.29 is 9.47 Å². The van der Waals surface area contributed by atoms with E-state index in [9.17, 15) is 4.79 Å². The molecule has 4 heterocycles. The summed E-state index contributed by atoms with van der Waals surface area (Å²) in [4.78, 5) is 42.4. The van der Waals surface area contributed by atoms with Gasteiger partial charge in [-0.1, -0.05) is 6.92 Å². The zero-order valence-electron chi connectivity index (χ0n) is 22.1. The van der Waals surface area contributed by atoms with Crippen LogP contribution < -0.4 is 15.6 Å². The number of hydrogen-bond acceptors (Lipinski definition) is 11. The maximum Gasteiger partial charge on any atom is 0.295 e. The van der Waals surface area contributed by atoms with Crippen LogP contribution >= 0.6 is 11.8 Å². The molecule has 2 fully saturated rings. The van der Waals surface area contributed by atoms with Gasteiger partial charge in [-0.05, 0) is 43.6 Å². The lowest BCUT2D eigenvalue weighted by Gasteiger charge is -2.35. The molecule has 39 heavy (non-hydrogen) atoms. The highest BCUT2D eigenvalue weighted by Crippen LogP contribution is 2.45. The van der Waals surface area contributed by atoms with E-state index in [1.807, 2.05) is 18.3 Å². The van der Waals surface area contributed by atoms with Crippen molar-refractivity contribution in [3.05, 3.63) is 52.6 Å². The minimum absolute atomic E-state index is 0.0588. The number of anilines is 1. The standard InChI is InChI=1S/C27H30N8O3S/c1-4-39-19-8-7-16(28-12-19)11-29-24-27(36)35(17-9-18(10-17)37-2)25-20(33-24)13-30-23(34-25)21-22(15-5-6-15)31-14-32-26(21)38-3/h7-8,12-15,17-18H,4-6,9-11H2,1-3H3,(H,29,33)/t17-,18+. The van der Waals surface area contributed by atoms with Crippen molar-refractivity contribution >= 4 is 28.7 Å². The molecule has 2 saturated carbocycles. The van der Waals surface area contributed by atoms with Crippen molar-refractivity contribution in [3.8, 4) is 17.3 Å². The van der Waals surface area contributed by atoms with Gasteiger partial charge in [-0.25, -0.2) is 24.9 Å². The van der Waals surface area contributed by atoms with E-state index in [4.69, 9.17) is 14.5 Å². The molecule has 6 rings (SSSR count). The van der Waals surface area contributed by atoms with E-state index in [-0.39, 0.29) is 23.5 Å². The third-order valence-corrected chi connectivity index (χ3v) is 8.03. The molecule has 0 saturated heterocycles. The van der Waals surface area contributed by atoms with Crippen molar-refractivity contribution in [2.75, 3.05) is 25.3 Å². The highest BCUT2D eigenvalue weighted by molar-refractivity contribution is 7.99. The van der Waals surface area contributed by atoms with Crippen LogP contribution in [0.2, 0.25) is 0 Å². The fourth-order valence-electron chi connectivity index (χ4n) is 4.87. The predicted octanol–water partition coefficient (Wildman–Crippen LogP) is 4.00. The number of aromatic nitrogens is 7. The SMILES string of the molecule is CCSc1ccc(CNc2nc3cnc(-c4c(OC)ncnc4C4CC4)nc3n([C@H]3C[C@@H](OC)C3)c2=O)nc1. The molecule has 0 radical (unpaired) electrons. The first-order valence-corrected chi connectivity index (χ1v) is 14.1. The molecule has 0 spiro atoms. The van der Waals surface area contributed by atoms with Crippen molar-refractivity contribution in [2.24, 2.45) is 0 Å². The molecule has 12 heteroatoms. The summed E-state index contributed by atoms with van der Waals surface area (Å²) in [5.74, 6) is 2.41. The van der Waals surface area contributed by atoms with Gasteiger partial charge in [0.1, 0.15) is 17.4 Å². The van der Waals surface area contributed by atoms with Gasteiger partial charge in [-0.3, -0.25) is 14.3 Å². The second kappa shape index (κ2) is 10.9. The number of rotatable bonds is 10. The van der Waals surface area contributed by atoms with Crippen LogP contribution in [-0.2, 0) is 11.3 Å². The quantitative estimate of drug-likeness (QED) is 0.290. The lowest BCUT2D eigenvalue weighted by Crippen LogP contribution is -2.39. The van der Waals surface area contributed by atoms with Crippen LogP contribution in [0.3, 0.4) is 0 Å². The van der Waals surface area contributed by atoms with Gasteiger partial charge in [-0.2, -0.15) is 0 Å². The van der Waals surface area contributed by atoms with Crippen LogP contribution in [0.25, 0.3) is 22.6 Å². The molecular weight excluding hydrogens is 516 g/mol. The first-order chi connectivity index (χ1) is 19.1. The predicted molar refractivity (Wildman–Crippen MR) is 148 cm³/mol. The van der Waals surface area contributed by atoms with E-state index in [1.54, 1.807) is 36.7 Å². The average Bonchev–Trinajstić information content (AvgIpc) is 3.78. The lowest BCUT2D eigenvalue weighted by atomic mass is 9.89. The smallest absolute Gasteiger partial charge is 0.295 e. The monoisotopic (exact) mass is 546 g/mol. The van der Waals surface area contributed by atoms with Crippen molar-refractivity contribution in [1.82, 2.24) is 34.5 Å². The van der Waals surface area contributed by atoms with E-state index in [0.29, 0.717) is 40.9 Å². The van der Waals surface area contributed by atoms with Gasteiger partial charge in [0.15, 0.2) is 17.3 Å². The largest absolute Gasteiger partial charge is 0.480 e. The highest BCUT2D eigenvalue weighted by atomic mass is 32.2. The van der Waals surface area contributed by atoms with Crippen LogP contribution in [0.5, 0.6) is 5.88 Å². The lowest BCUT2D eigenvalue weighted by molar-refractivity contribution is 0.00636. The maximum absolute atomic E-state index is 13.8. The van der Waals surface area contributed by atoms with Gasteiger partial charge < -0.3 is 14.8 Å². The number of nitrogens with one attached hydrogen (secondary N) is 1. The summed E-state index contributed by atoms with van der Waals surface area (Å²) in [5.41, 5.74) is 3.13. The van der Waals surface area contributed by atoms with Crippen molar-refractivity contribution in [1.29, 1.82) is 0 Å². The summed E-state index contributed by atoms with van der Waals surface area (Å²) >= 11 is 1.74. The first-order valence-electron chi connectivity index (χ1n) is 13.1. The highest BCUT2D eigenvalue weighted by Gasteiger charge is 2.35. The number of ether oxygens (including phenoxy) is 2.